The SMILES string of the molecule is O=C1CCC2(CC1)C(=O)Nc1ccc(Br)cc12. The van der Waals surface area contributed by atoms with Gasteiger partial charge in [-0.2, -0.15) is 0 Å². The monoisotopic (exact) mass is 293 g/mol. The molecule has 1 aromatic rings. The first kappa shape index (κ1) is 11.0. The van der Waals surface area contributed by atoms with E-state index in [1.54, 1.807) is 0 Å². The van der Waals surface area contributed by atoms with Crippen LogP contribution in [0.1, 0.15) is 31.2 Å². The van der Waals surface area contributed by atoms with Crippen molar-refractivity contribution < 1.29 is 9.59 Å². The number of amides is 1. The summed E-state index contributed by atoms with van der Waals surface area (Å²) in [6, 6.07) is 5.84. The van der Waals surface area contributed by atoms with E-state index in [4.69, 9.17) is 0 Å². The van der Waals surface area contributed by atoms with Crippen molar-refractivity contribution in [3.05, 3.63) is 28.2 Å². The number of benzene rings is 1. The lowest BCUT2D eigenvalue weighted by Crippen LogP contribution is -2.38. The fourth-order valence-corrected chi connectivity index (χ4v) is 3.20. The number of fused-ring (bicyclic) bond motifs is 2. The van der Waals surface area contributed by atoms with Gasteiger partial charge in [-0.05, 0) is 36.6 Å². The van der Waals surface area contributed by atoms with Gasteiger partial charge < -0.3 is 5.32 Å². The Morgan fingerprint density at radius 2 is 1.88 bits per heavy atom. The standard InChI is InChI=1S/C13H12BrNO2/c14-8-1-2-11-10(7-8)13(12(17)15-11)5-3-9(16)4-6-13/h1-2,7H,3-6H2,(H,15,17). The van der Waals surface area contributed by atoms with Crippen LogP contribution in [0.25, 0.3) is 0 Å². The van der Waals surface area contributed by atoms with Crippen molar-refractivity contribution in [2.45, 2.75) is 31.1 Å². The summed E-state index contributed by atoms with van der Waals surface area (Å²) in [6.45, 7) is 0. The second-order valence-electron chi connectivity index (χ2n) is 4.76. The first-order valence-corrected chi connectivity index (χ1v) is 6.54. The second-order valence-corrected chi connectivity index (χ2v) is 5.68. The van der Waals surface area contributed by atoms with Crippen molar-refractivity contribution in [2.24, 2.45) is 0 Å². The zero-order valence-corrected chi connectivity index (χ0v) is 10.8. The summed E-state index contributed by atoms with van der Waals surface area (Å²) in [5, 5.41) is 2.93. The number of Topliss-reactive ketones (excluding diaryl/α,β-unsaturated/α-hetero) is 1. The third-order valence-corrected chi connectivity index (χ3v) is 4.33. The van der Waals surface area contributed by atoms with Gasteiger partial charge in [0.15, 0.2) is 0 Å². The predicted molar refractivity (Wildman–Crippen MR) is 67.9 cm³/mol. The van der Waals surface area contributed by atoms with Crippen LogP contribution in [-0.2, 0) is 15.0 Å². The predicted octanol–water partition coefficient (Wildman–Crippen LogP) is 2.78. The van der Waals surface area contributed by atoms with Gasteiger partial charge >= 0.3 is 0 Å². The molecule has 3 rings (SSSR count). The van der Waals surface area contributed by atoms with E-state index in [1.165, 1.54) is 0 Å². The average molecular weight is 294 g/mol. The van der Waals surface area contributed by atoms with E-state index < -0.39 is 5.41 Å². The normalized spacial score (nSPS) is 21.5. The van der Waals surface area contributed by atoms with Crippen molar-refractivity contribution in [1.82, 2.24) is 0 Å². The highest BCUT2D eigenvalue weighted by molar-refractivity contribution is 9.10. The first-order chi connectivity index (χ1) is 8.12. The maximum Gasteiger partial charge on any atom is 0.235 e. The minimum atomic E-state index is -0.465. The number of rotatable bonds is 0. The fraction of sp³-hybridized carbons (Fsp3) is 0.385. The number of nitrogens with one attached hydrogen (secondary N) is 1. The molecule has 3 nitrogen and oxygen atoms in total. The molecular formula is C13H12BrNO2. The van der Waals surface area contributed by atoms with E-state index in [0.717, 1.165) is 15.7 Å². The Kier molecular flexibility index (Phi) is 2.36. The lowest BCUT2D eigenvalue weighted by Gasteiger charge is -2.30. The largest absolute Gasteiger partial charge is 0.325 e. The van der Waals surface area contributed by atoms with Gasteiger partial charge in [-0.15, -0.1) is 0 Å². The molecule has 1 aliphatic heterocycles. The van der Waals surface area contributed by atoms with Crippen molar-refractivity contribution in [2.75, 3.05) is 5.32 Å². The van der Waals surface area contributed by atoms with E-state index in [1.807, 2.05) is 18.2 Å². The lowest BCUT2D eigenvalue weighted by molar-refractivity contribution is -0.126. The van der Waals surface area contributed by atoms with Crippen LogP contribution >= 0.6 is 15.9 Å². The molecule has 0 aromatic heterocycles. The fourth-order valence-electron chi connectivity index (χ4n) is 2.84. The number of carbonyl (C=O) groups excluding carboxylic acids is 2. The maximum absolute atomic E-state index is 12.2. The lowest BCUT2D eigenvalue weighted by atomic mass is 9.70. The Hall–Kier alpha value is -1.16. The highest BCUT2D eigenvalue weighted by Gasteiger charge is 2.48. The summed E-state index contributed by atoms with van der Waals surface area (Å²) in [5.41, 5.74) is 1.48. The Morgan fingerprint density at radius 1 is 1.18 bits per heavy atom. The third kappa shape index (κ3) is 1.54. The molecule has 0 bridgehead atoms. The molecule has 0 atom stereocenters. The first-order valence-electron chi connectivity index (χ1n) is 5.75. The number of halogens is 1. The summed E-state index contributed by atoms with van der Waals surface area (Å²) < 4.78 is 0.976. The zero-order valence-electron chi connectivity index (χ0n) is 9.25. The highest BCUT2D eigenvalue weighted by Crippen LogP contribution is 2.47. The number of hydrogen-bond donors (Lipinski definition) is 1. The van der Waals surface area contributed by atoms with E-state index >= 15 is 0 Å². The van der Waals surface area contributed by atoms with Gasteiger partial charge in [-0.3, -0.25) is 9.59 Å². The van der Waals surface area contributed by atoms with Gasteiger partial charge in [-0.1, -0.05) is 15.9 Å². The molecule has 1 spiro atoms. The molecule has 17 heavy (non-hydrogen) atoms. The maximum atomic E-state index is 12.2. The van der Waals surface area contributed by atoms with Gasteiger partial charge in [-0.25, -0.2) is 0 Å². The summed E-state index contributed by atoms with van der Waals surface area (Å²) in [4.78, 5) is 23.5. The van der Waals surface area contributed by atoms with Crippen LogP contribution in [0.3, 0.4) is 0 Å². The Morgan fingerprint density at radius 3 is 2.59 bits per heavy atom. The third-order valence-electron chi connectivity index (χ3n) is 3.84. The summed E-state index contributed by atoms with van der Waals surface area (Å²) >= 11 is 3.44. The molecule has 0 saturated heterocycles. The van der Waals surface area contributed by atoms with E-state index in [2.05, 4.69) is 21.2 Å². The molecule has 2 aliphatic rings. The van der Waals surface area contributed by atoms with Crippen LogP contribution in [0.4, 0.5) is 5.69 Å². The quantitative estimate of drug-likeness (QED) is 0.799. The average Bonchev–Trinajstić information content (AvgIpc) is 2.57. The van der Waals surface area contributed by atoms with Crippen LogP contribution in [0.5, 0.6) is 0 Å². The van der Waals surface area contributed by atoms with Crippen LogP contribution in [0, 0.1) is 0 Å². The smallest absolute Gasteiger partial charge is 0.235 e. The second kappa shape index (κ2) is 3.67. The van der Waals surface area contributed by atoms with Crippen molar-refractivity contribution in [1.29, 1.82) is 0 Å². The topological polar surface area (TPSA) is 46.2 Å². The molecule has 1 amide bonds. The molecule has 1 N–H and O–H groups in total. The number of carbonyl (C=O) groups is 2. The Bertz CT molecular complexity index is 514. The van der Waals surface area contributed by atoms with Gasteiger partial charge in [0.1, 0.15) is 5.78 Å². The minimum Gasteiger partial charge on any atom is -0.325 e. The molecular weight excluding hydrogens is 282 g/mol. The summed E-state index contributed by atoms with van der Waals surface area (Å²) in [6.07, 6.45) is 2.31. The highest BCUT2D eigenvalue weighted by atomic mass is 79.9. The Labute approximate surface area is 108 Å². The van der Waals surface area contributed by atoms with Gasteiger partial charge in [0, 0.05) is 23.0 Å². The van der Waals surface area contributed by atoms with E-state index in [0.29, 0.717) is 25.7 Å². The molecule has 1 fully saturated rings. The van der Waals surface area contributed by atoms with Crippen molar-refractivity contribution in [3.8, 4) is 0 Å². The van der Waals surface area contributed by atoms with Gasteiger partial charge in [0.2, 0.25) is 5.91 Å². The van der Waals surface area contributed by atoms with Crippen molar-refractivity contribution in [3.63, 3.8) is 0 Å². The molecule has 1 aliphatic carbocycles. The molecule has 0 unspecified atom stereocenters. The Balaban J connectivity index is 2.09. The molecule has 4 heteroatoms. The number of hydrogen-bond acceptors (Lipinski definition) is 2. The van der Waals surface area contributed by atoms with Gasteiger partial charge in [0.25, 0.3) is 0 Å². The van der Waals surface area contributed by atoms with Crippen LogP contribution in [0.15, 0.2) is 22.7 Å². The minimum absolute atomic E-state index is 0.0538. The molecule has 1 heterocycles. The number of anilines is 1. The van der Waals surface area contributed by atoms with Gasteiger partial charge in [0.05, 0.1) is 5.41 Å². The number of ketones is 1. The summed E-state index contributed by atoms with van der Waals surface area (Å²) in [5.74, 6) is 0.324. The van der Waals surface area contributed by atoms with Crippen LogP contribution in [-0.4, -0.2) is 11.7 Å². The molecule has 1 saturated carbocycles. The van der Waals surface area contributed by atoms with E-state index in [9.17, 15) is 9.59 Å². The zero-order chi connectivity index (χ0) is 12.0. The molecule has 88 valence electrons. The molecule has 0 radical (unpaired) electrons. The van der Waals surface area contributed by atoms with Crippen LogP contribution in [0.2, 0.25) is 0 Å². The summed E-state index contributed by atoms with van der Waals surface area (Å²) in [7, 11) is 0. The van der Waals surface area contributed by atoms with Crippen molar-refractivity contribution >= 4 is 33.3 Å². The van der Waals surface area contributed by atoms with E-state index in [-0.39, 0.29) is 11.7 Å². The van der Waals surface area contributed by atoms with Crippen LogP contribution < -0.4 is 5.32 Å². The molecule has 1 aromatic carbocycles.